The molecule has 0 bridgehead atoms. The highest BCUT2D eigenvalue weighted by atomic mass is 19.1. The predicted octanol–water partition coefficient (Wildman–Crippen LogP) is 7.89. The predicted molar refractivity (Wildman–Crippen MR) is 296 cm³/mol. The second-order valence-electron chi connectivity index (χ2n) is 23.8. The minimum Gasteiger partial charge on any atom is -0.508 e. The van der Waals surface area contributed by atoms with Crippen molar-refractivity contribution in [1.29, 1.82) is 0 Å². The fourth-order valence-corrected chi connectivity index (χ4v) is 15.0. The van der Waals surface area contributed by atoms with E-state index in [1.165, 1.54) is 17.7 Å². The van der Waals surface area contributed by atoms with Gasteiger partial charge in [0.25, 0.3) is 0 Å². The summed E-state index contributed by atoms with van der Waals surface area (Å²) in [7, 11) is 1.75. The molecule has 3 aromatic heterocycles. The van der Waals surface area contributed by atoms with Gasteiger partial charge in [0.2, 0.25) is 11.8 Å². The Balaban J connectivity index is 0.619. The number of carbonyl (C=O) groups is 3. The van der Waals surface area contributed by atoms with E-state index in [4.69, 9.17) is 24.2 Å². The number of anilines is 1. The summed E-state index contributed by atoms with van der Waals surface area (Å²) in [6.45, 7) is 8.90. The van der Waals surface area contributed by atoms with Gasteiger partial charge >= 0.3 is 17.8 Å². The van der Waals surface area contributed by atoms with Gasteiger partial charge in [0.15, 0.2) is 5.82 Å². The zero-order valence-corrected chi connectivity index (χ0v) is 45.7. The first-order chi connectivity index (χ1) is 38.8. The number of hydrogen-bond acceptors (Lipinski definition) is 14. The molecule has 20 heteroatoms. The van der Waals surface area contributed by atoms with Crippen LogP contribution in [0.15, 0.2) is 53.5 Å². The quantitative estimate of drug-likeness (QED) is 0.119. The van der Waals surface area contributed by atoms with Crippen LogP contribution in [0.3, 0.4) is 0 Å². The van der Waals surface area contributed by atoms with Crippen molar-refractivity contribution < 1.29 is 42.5 Å². The average molecular weight is 1100 g/mol. The average Bonchev–Trinajstić information content (AvgIpc) is 4.15. The zero-order chi connectivity index (χ0) is 55.0. The third-order valence-electron chi connectivity index (χ3n) is 19.4. The van der Waals surface area contributed by atoms with Crippen LogP contribution in [-0.4, -0.2) is 152 Å². The molecule has 18 nitrogen and oxygen atoms in total. The number of rotatable bonds is 11. The van der Waals surface area contributed by atoms with Crippen LogP contribution < -0.4 is 20.6 Å². The molecule has 1 aliphatic carbocycles. The topological polar surface area (TPSA) is 190 Å². The summed E-state index contributed by atoms with van der Waals surface area (Å²) in [6, 6.07) is 12.0. The Morgan fingerprint density at radius 2 is 1.71 bits per heavy atom. The van der Waals surface area contributed by atoms with Crippen LogP contribution in [0.25, 0.3) is 44.0 Å². The molecule has 6 saturated heterocycles. The molecular formula is C60H70F2N10O8. The van der Waals surface area contributed by atoms with Gasteiger partial charge in [-0.3, -0.25) is 33.9 Å². The smallest absolute Gasteiger partial charge is 0.409 e. The van der Waals surface area contributed by atoms with Crippen molar-refractivity contribution >= 4 is 56.4 Å². The SMILES string of the molecule is CCc1c(F)ccc2cc(O)cc(-c3ncc4c(N5CCCOCC5)nc(OC[C@@]56CCCN5[C@H](COC(=O)N5CCC7(CC5)CC(N5CCC(c8ccc9c(c8)n(C)c(=O)n9C8CCC(=O)NC8=O)CC5)C7)CC6)nc4c3F)c12. The molecule has 0 radical (unpaired) electrons. The van der Waals surface area contributed by atoms with Crippen molar-refractivity contribution in [2.75, 3.05) is 77.1 Å². The Morgan fingerprint density at radius 3 is 2.51 bits per heavy atom. The van der Waals surface area contributed by atoms with E-state index in [0.717, 1.165) is 95.8 Å². The molecule has 9 heterocycles. The lowest BCUT2D eigenvalue weighted by Gasteiger charge is -2.56. The maximum atomic E-state index is 17.2. The van der Waals surface area contributed by atoms with E-state index in [9.17, 15) is 24.3 Å². The second-order valence-corrected chi connectivity index (χ2v) is 23.8. The van der Waals surface area contributed by atoms with Crippen LogP contribution >= 0.6 is 0 Å². The lowest BCUT2D eigenvalue weighted by Crippen LogP contribution is -2.56. The number of phenolic OH excluding ortho intramolecular Hbond substituents is 1. The van der Waals surface area contributed by atoms with Crippen molar-refractivity contribution in [2.24, 2.45) is 12.5 Å². The van der Waals surface area contributed by atoms with E-state index in [0.29, 0.717) is 104 Å². The minimum atomic E-state index is -0.718. The first-order valence-corrected chi connectivity index (χ1v) is 29.0. The largest absolute Gasteiger partial charge is 0.508 e. The van der Waals surface area contributed by atoms with E-state index in [1.54, 1.807) is 34.5 Å². The zero-order valence-electron chi connectivity index (χ0n) is 45.7. The van der Waals surface area contributed by atoms with E-state index in [1.807, 2.05) is 17.9 Å². The van der Waals surface area contributed by atoms with Crippen LogP contribution in [0, 0.1) is 17.0 Å². The third kappa shape index (κ3) is 9.31. The van der Waals surface area contributed by atoms with E-state index < -0.39 is 23.6 Å². The van der Waals surface area contributed by atoms with Crippen LogP contribution in [0.5, 0.6) is 11.8 Å². The van der Waals surface area contributed by atoms with Crippen molar-refractivity contribution in [2.45, 2.75) is 126 Å². The number of ether oxygens (including phenoxy) is 3. The highest BCUT2D eigenvalue weighted by molar-refractivity contribution is 6.02. The highest BCUT2D eigenvalue weighted by Crippen LogP contribution is 2.52. The number of benzene rings is 3. The maximum Gasteiger partial charge on any atom is 0.409 e. The number of carbonyl (C=O) groups excluding carboxylic acids is 3. The number of imidazole rings is 1. The van der Waals surface area contributed by atoms with Crippen molar-refractivity contribution in [3.8, 4) is 23.0 Å². The normalized spacial score (nSPS) is 24.2. The first-order valence-electron chi connectivity index (χ1n) is 29.0. The summed E-state index contributed by atoms with van der Waals surface area (Å²) in [4.78, 5) is 74.9. The molecule has 6 aliphatic heterocycles. The number of likely N-dealkylation sites (tertiary alicyclic amines) is 2. The van der Waals surface area contributed by atoms with Gasteiger partial charge in [-0.2, -0.15) is 9.97 Å². The second kappa shape index (κ2) is 21.0. The lowest BCUT2D eigenvalue weighted by molar-refractivity contribution is -0.135. The van der Waals surface area contributed by atoms with Gasteiger partial charge in [-0.05, 0) is 167 Å². The number of imide groups is 1. The minimum absolute atomic E-state index is 0.0201. The van der Waals surface area contributed by atoms with Gasteiger partial charge in [-0.1, -0.05) is 19.1 Å². The molecule has 1 spiro atoms. The highest BCUT2D eigenvalue weighted by Gasteiger charge is 2.51. The number of phenols is 1. The molecule has 6 aromatic rings. The van der Waals surface area contributed by atoms with Crippen LogP contribution in [-0.2, 0) is 32.5 Å². The Bertz CT molecular complexity index is 3480. The Morgan fingerprint density at radius 1 is 0.887 bits per heavy atom. The third-order valence-corrected chi connectivity index (χ3v) is 19.4. The molecule has 7 fully saturated rings. The van der Waals surface area contributed by atoms with Crippen LogP contribution in [0.2, 0.25) is 0 Å². The van der Waals surface area contributed by atoms with Crippen LogP contribution in [0.4, 0.5) is 19.4 Å². The molecule has 2 N–H and O–H groups in total. The number of hydrogen-bond donors (Lipinski definition) is 2. The fraction of sp³-hybridized carbons (Fsp3) is 0.550. The number of halogens is 2. The summed E-state index contributed by atoms with van der Waals surface area (Å²) < 4.78 is 54.1. The standard InChI is InChI=1S/C60H70F2N10O8/c1-3-42-45(61)8-6-38-28-41(73)30-43(50(38)42)52-51(62)53-44(33-63-52)54(69-19-5-26-78-27-25-69)66-56(65-53)80-35-60-15-4-20-71(60)39(12-16-60)34-79-58(77)70-23-17-59(18-24-70)31-40(32-59)68-21-13-36(14-22-68)37-7-9-46-48(29-37)67(2)57(76)72(46)47-10-11-49(74)64-55(47)75/h6-9,28-30,33,36,39-40,47,73H,3-5,10-27,31-32,34-35H2,1-2H3,(H,64,74,75)/t39-,47?,60-/m0/s1. The van der Waals surface area contributed by atoms with Crippen molar-refractivity contribution in [3.05, 3.63) is 81.9 Å². The summed E-state index contributed by atoms with van der Waals surface area (Å²) in [6.07, 6.45) is 12.8. The van der Waals surface area contributed by atoms with E-state index in [2.05, 4.69) is 37.1 Å². The number of nitrogens with one attached hydrogen (secondary N) is 1. The molecule has 3 atom stereocenters. The summed E-state index contributed by atoms with van der Waals surface area (Å²) >= 11 is 0. The molecule has 13 rings (SSSR count). The van der Waals surface area contributed by atoms with Crippen molar-refractivity contribution in [1.82, 2.24) is 44.1 Å². The Labute approximate surface area is 462 Å². The summed E-state index contributed by atoms with van der Waals surface area (Å²) in [5, 5.41) is 14.6. The Hall–Kier alpha value is -6.77. The molecule has 3 aromatic carbocycles. The van der Waals surface area contributed by atoms with Gasteiger partial charge in [-0.25, -0.2) is 18.4 Å². The number of fused-ring (bicyclic) bond motifs is 4. The maximum absolute atomic E-state index is 17.2. The fourth-order valence-electron chi connectivity index (χ4n) is 15.0. The number of aryl methyl sites for hydroxylation is 2. The molecule has 1 saturated carbocycles. The molecule has 80 heavy (non-hydrogen) atoms. The molecule has 3 amide bonds. The monoisotopic (exact) mass is 1100 g/mol. The number of pyridine rings is 1. The molecule has 422 valence electrons. The van der Waals surface area contributed by atoms with Gasteiger partial charge in [0, 0.05) is 70.1 Å². The number of aromatic nitrogens is 5. The van der Waals surface area contributed by atoms with E-state index >= 15 is 8.78 Å². The summed E-state index contributed by atoms with van der Waals surface area (Å²) in [5.41, 5.74) is 3.05. The number of piperidine rings is 3. The lowest BCUT2D eigenvalue weighted by atomic mass is 9.59. The van der Waals surface area contributed by atoms with Crippen LogP contribution in [0.1, 0.15) is 113 Å². The van der Waals surface area contributed by atoms with Gasteiger partial charge < -0.3 is 34.0 Å². The molecular weight excluding hydrogens is 1030 g/mol. The first kappa shape index (κ1) is 52.6. The number of nitrogens with zero attached hydrogens (tertiary/aromatic N) is 9. The molecule has 1 unspecified atom stereocenters. The van der Waals surface area contributed by atoms with E-state index in [-0.39, 0.29) is 76.2 Å². The van der Waals surface area contributed by atoms with Gasteiger partial charge in [0.1, 0.15) is 47.9 Å². The molecule has 7 aliphatic rings. The summed E-state index contributed by atoms with van der Waals surface area (Å²) in [5.74, 6) is -1.08. The van der Waals surface area contributed by atoms with Gasteiger partial charge in [-0.15, -0.1) is 0 Å². The van der Waals surface area contributed by atoms with Crippen molar-refractivity contribution in [3.63, 3.8) is 0 Å². The number of aromatic hydroxyl groups is 1. The number of amides is 3. The Kier molecular flexibility index (Phi) is 13.8. The van der Waals surface area contributed by atoms with Gasteiger partial charge in [0.05, 0.1) is 28.6 Å².